The predicted octanol–water partition coefficient (Wildman–Crippen LogP) is 1.08. The summed E-state index contributed by atoms with van der Waals surface area (Å²) < 4.78 is 1.34. The Morgan fingerprint density at radius 2 is 2.22 bits per heavy atom. The molecule has 0 unspecified atom stereocenters. The van der Waals surface area contributed by atoms with Crippen LogP contribution < -0.4 is 22.3 Å². The molecule has 4 N–H and O–H groups in total. The van der Waals surface area contributed by atoms with Gasteiger partial charge in [-0.2, -0.15) is 0 Å². The van der Waals surface area contributed by atoms with E-state index >= 15 is 0 Å². The van der Waals surface area contributed by atoms with Crippen LogP contribution in [0.15, 0.2) is 21.2 Å². The Morgan fingerprint density at radius 3 is 2.78 bits per heavy atom. The van der Waals surface area contributed by atoms with E-state index in [0.717, 1.165) is 12.8 Å². The summed E-state index contributed by atoms with van der Waals surface area (Å²) in [4.78, 5) is 25.4. The van der Waals surface area contributed by atoms with Crippen molar-refractivity contribution in [2.45, 2.75) is 26.3 Å². The zero-order valence-corrected chi connectivity index (χ0v) is 11.0. The standard InChI is InChI=1S/C11H17ClN4O2/c1-3-4-5-16-9(13)8(14-6-7(2)12)10(17)15-11(16)18/h14H,2-6,13H2,1H3,(H,15,17,18). The zero-order valence-electron chi connectivity index (χ0n) is 10.3. The maximum Gasteiger partial charge on any atom is 0.330 e. The van der Waals surface area contributed by atoms with Gasteiger partial charge in [-0.1, -0.05) is 31.5 Å². The van der Waals surface area contributed by atoms with Gasteiger partial charge >= 0.3 is 5.69 Å². The molecule has 0 amide bonds. The highest BCUT2D eigenvalue weighted by atomic mass is 35.5. The summed E-state index contributed by atoms with van der Waals surface area (Å²) in [5, 5.41) is 3.11. The third-order valence-corrected chi connectivity index (χ3v) is 2.57. The van der Waals surface area contributed by atoms with Crippen LogP contribution in [0.3, 0.4) is 0 Å². The van der Waals surface area contributed by atoms with Gasteiger partial charge in [-0.3, -0.25) is 14.3 Å². The molecular formula is C11H17ClN4O2. The molecule has 0 aliphatic carbocycles. The van der Waals surface area contributed by atoms with Gasteiger partial charge in [0, 0.05) is 11.6 Å². The van der Waals surface area contributed by atoms with E-state index in [4.69, 9.17) is 17.3 Å². The average Bonchev–Trinajstić information content (AvgIpc) is 2.27. The minimum atomic E-state index is -0.553. The molecule has 0 fully saturated rings. The number of nitrogens with one attached hydrogen (secondary N) is 2. The molecule has 0 aromatic carbocycles. The summed E-state index contributed by atoms with van der Waals surface area (Å²) in [6.45, 7) is 6.18. The number of nitrogens with two attached hydrogens (primary N) is 1. The van der Waals surface area contributed by atoms with Crippen molar-refractivity contribution in [3.8, 4) is 0 Å². The monoisotopic (exact) mass is 272 g/mol. The lowest BCUT2D eigenvalue weighted by atomic mass is 10.3. The molecule has 6 nitrogen and oxygen atoms in total. The lowest BCUT2D eigenvalue weighted by Crippen LogP contribution is -2.34. The molecule has 0 aliphatic heterocycles. The third-order valence-electron chi connectivity index (χ3n) is 2.43. The van der Waals surface area contributed by atoms with Gasteiger partial charge in [0.05, 0.1) is 6.54 Å². The molecule has 0 aliphatic rings. The van der Waals surface area contributed by atoms with Gasteiger partial charge in [-0.05, 0) is 6.42 Å². The van der Waals surface area contributed by atoms with Crippen molar-refractivity contribution in [1.82, 2.24) is 9.55 Å². The minimum Gasteiger partial charge on any atom is -0.383 e. The molecule has 0 spiro atoms. The first-order valence-electron chi connectivity index (χ1n) is 5.67. The highest BCUT2D eigenvalue weighted by Crippen LogP contribution is 2.11. The van der Waals surface area contributed by atoms with Gasteiger partial charge in [0.2, 0.25) is 0 Å². The van der Waals surface area contributed by atoms with Crippen molar-refractivity contribution in [3.05, 3.63) is 32.4 Å². The number of halogens is 1. The Hall–Kier alpha value is -1.69. The molecule has 1 heterocycles. The molecule has 1 rings (SSSR count). The first-order chi connectivity index (χ1) is 8.47. The third kappa shape index (κ3) is 3.40. The summed E-state index contributed by atoms with van der Waals surface area (Å²) in [5.74, 6) is 0.120. The zero-order chi connectivity index (χ0) is 13.7. The van der Waals surface area contributed by atoms with E-state index in [9.17, 15) is 9.59 Å². The van der Waals surface area contributed by atoms with Gasteiger partial charge in [0.25, 0.3) is 5.56 Å². The van der Waals surface area contributed by atoms with E-state index in [1.807, 2.05) is 6.92 Å². The van der Waals surface area contributed by atoms with Gasteiger partial charge < -0.3 is 11.1 Å². The molecule has 0 radical (unpaired) electrons. The van der Waals surface area contributed by atoms with Crippen molar-refractivity contribution in [3.63, 3.8) is 0 Å². The summed E-state index contributed by atoms with van der Waals surface area (Å²) in [5.41, 5.74) is 4.91. The highest BCUT2D eigenvalue weighted by molar-refractivity contribution is 6.29. The number of aromatic amines is 1. The number of anilines is 2. The lowest BCUT2D eigenvalue weighted by molar-refractivity contribution is 0.605. The lowest BCUT2D eigenvalue weighted by Gasteiger charge is -2.13. The fraction of sp³-hybridized carbons (Fsp3) is 0.455. The van der Waals surface area contributed by atoms with Crippen LogP contribution in [0.4, 0.5) is 11.5 Å². The van der Waals surface area contributed by atoms with E-state index in [1.165, 1.54) is 4.57 Å². The quantitative estimate of drug-likeness (QED) is 0.722. The first kappa shape index (κ1) is 14.4. The molecule has 7 heteroatoms. The van der Waals surface area contributed by atoms with E-state index in [1.54, 1.807) is 0 Å². The summed E-state index contributed by atoms with van der Waals surface area (Å²) >= 11 is 5.61. The van der Waals surface area contributed by atoms with E-state index in [-0.39, 0.29) is 18.1 Å². The maximum absolute atomic E-state index is 11.6. The Kier molecular flexibility index (Phi) is 5.03. The second-order valence-electron chi connectivity index (χ2n) is 3.90. The van der Waals surface area contributed by atoms with Crippen LogP contribution in [0.2, 0.25) is 0 Å². The SMILES string of the molecule is C=C(Cl)CNc1c(N)n(CCCC)c(=O)[nH]c1=O. The predicted molar refractivity (Wildman–Crippen MR) is 74.1 cm³/mol. The Morgan fingerprint density at radius 1 is 1.56 bits per heavy atom. The Labute approximate surface area is 109 Å². The Bertz CT molecular complexity index is 547. The van der Waals surface area contributed by atoms with Gasteiger partial charge in [-0.15, -0.1) is 0 Å². The second kappa shape index (κ2) is 6.30. The fourth-order valence-electron chi connectivity index (χ4n) is 1.48. The van der Waals surface area contributed by atoms with Crippen LogP contribution in [0.25, 0.3) is 0 Å². The molecule has 1 aromatic heterocycles. The normalized spacial score (nSPS) is 10.3. The van der Waals surface area contributed by atoms with Crippen molar-refractivity contribution in [2.24, 2.45) is 0 Å². The number of H-pyrrole nitrogens is 1. The molecule has 0 saturated carbocycles. The molecule has 100 valence electrons. The minimum absolute atomic E-state index is 0.120. The largest absolute Gasteiger partial charge is 0.383 e. The number of nitrogens with zero attached hydrogens (tertiary/aromatic N) is 1. The number of aromatic nitrogens is 2. The van der Waals surface area contributed by atoms with E-state index < -0.39 is 11.2 Å². The van der Waals surface area contributed by atoms with Crippen molar-refractivity contribution >= 4 is 23.1 Å². The molecular weight excluding hydrogens is 256 g/mol. The molecule has 0 saturated heterocycles. The number of hydrogen-bond donors (Lipinski definition) is 3. The fourth-order valence-corrected chi connectivity index (χ4v) is 1.55. The van der Waals surface area contributed by atoms with E-state index in [2.05, 4.69) is 16.9 Å². The van der Waals surface area contributed by atoms with Crippen molar-refractivity contribution in [2.75, 3.05) is 17.6 Å². The maximum atomic E-state index is 11.6. The molecule has 0 bridgehead atoms. The number of rotatable bonds is 6. The van der Waals surface area contributed by atoms with Gasteiger partial charge in [0.15, 0.2) is 0 Å². The second-order valence-corrected chi connectivity index (χ2v) is 4.43. The summed E-state index contributed by atoms with van der Waals surface area (Å²) in [6, 6.07) is 0. The number of unbranched alkanes of at least 4 members (excludes halogenated alkanes) is 1. The van der Waals surface area contributed by atoms with E-state index in [0.29, 0.717) is 11.6 Å². The smallest absolute Gasteiger partial charge is 0.330 e. The van der Waals surface area contributed by atoms with Crippen molar-refractivity contribution in [1.29, 1.82) is 0 Å². The van der Waals surface area contributed by atoms with Crippen molar-refractivity contribution < 1.29 is 0 Å². The number of hydrogen-bond acceptors (Lipinski definition) is 4. The van der Waals surface area contributed by atoms with Crippen LogP contribution in [-0.2, 0) is 6.54 Å². The van der Waals surface area contributed by atoms with Gasteiger partial charge in [-0.25, -0.2) is 4.79 Å². The van der Waals surface area contributed by atoms with Crippen LogP contribution in [0.5, 0.6) is 0 Å². The molecule has 18 heavy (non-hydrogen) atoms. The highest BCUT2D eigenvalue weighted by Gasteiger charge is 2.11. The Balaban J connectivity index is 3.13. The first-order valence-corrected chi connectivity index (χ1v) is 6.05. The molecule has 1 aromatic rings. The summed E-state index contributed by atoms with van der Waals surface area (Å²) in [6.07, 6.45) is 1.73. The van der Waals surface area contributed by atoms with Crippen LogP contribution in [0, 0.1) is 0 Å². The molecule has 0 atom stereocenters. The summed E-state index contributed by atoms with van der Waals surface area (Å²) in [7, 11) is 0. The topological polar surface area (TPSA) is 92.9 Å². The van der Waals surface area contributed by atoms with Crippen LogP contribution in [-0.4, -0.2) is 16.1 Å². The average molecular weight is 273 g/mol. The van der Waals surface area contributed by atoms with Crippen LogP contribution in [0.1, 0.15) is 19.8 Å². The van der Waals surface area contributed by atoms with Gasteiger partial charge in [0.1, 0.15) is 11.5 Å². The number of nitrogen functional groups attached to an aromatic ring is 1. The van der Waals surface area contributed by atoms with Crippen LogP contribution >= 0.6 is 11.6 Å².